The molecule has 0 saturated carbocycles. The third-order valence-corrected chi connectivity index (χ3v) is 7.22. The quantitative estimate of drug-likeness (QED) is 0.279. The van der Waals surface area contributed by atoms with Crippen LogP contribution in [0.25, 0.3) is 0 Å². The molecule has 1 N–H and O–H groups in total. The molecule has 0 fully saturated rings. The Morgan fingerprint density at radius 2 is 0.897 bits per heavy atom. The average molecular weight is 413 g/mol. The van der Waals surface area contributed by atoms with Crippen molar-refractivity contribution in [2.24, 2.45) is 0 Å². The highest BCUT2D eigenvalue weighted by molar-refractivity contribution is 8.00. The maximum Gasteiger partial charge on any atom is 0.0550 e. The van der Waals surface area contributed by atoms with E-state index in [1.807, 2.05) is 23.5 Å². The molecule has 4 heteroatoms. The molecule has 4 aromatic rings. The summed E-state index contributed by atoms with van der Waals surface area (Å²) in [6, 6.07) is 33.8. The predicted octanol–water partition coefficient (Wildman–Crippen LogP) is 7.81. The van der Waals surface area contributed by atoms with E-state index in [1.54, 1.807) is 0 Å². The second-order valence-corrected chi connectivity index (χ2v) is 8.98. The van der Waals surface area contributed by atoms with Gasteiger partial charge in [-0.05, 0) is 48.5 Å². The predicted molar refractivity (Wildman–Crippen MR) is 125 cm³/mol. The molecule has 29 heavy (non-hydrogen) atoms. The summed E-state index contributed by atoms with van der Waals surface area (Å²) >= 11 is 3.66. The molecule has 2 nitrogen and oxygen atoms in total. The maximum atomic E-state index is 3.42. The van der Waals surface area contributed by atoms with Crippen LogP contribution >= 0.6 is 23.5 Å². The third-order valence-electron chi connectivity index (χ3n) is 4.94. The lowest BCUT2D eigenvalue weighted by atomic mass is 10.2. The fourth-order valence-electron chi connectivity index (χ4n) is 3.47. The highest BCUT2D eigenvalue weighted by atomic mass is 32.2. The van der Waals surface area contributed by atoms with Gasteiger partial charge >= 0.3 is 0 Å². The average Bonchev–Trinajstić information content (AvgIpc) is 2.78. The van der Waals surface area contributed by atoms with Crippen molar-refractivity contribution in [3.8, 4) is 0 Å². The van der Waals surface area contributed by atoms with Crippen LogP contribution in [0.15, 0.2) is 117 Å². The van der Waals surface area contributed by atoms with Crippen molar-refractivity contribution < 1.29 is 0 Å². The molecule has 2 aliphatic rings. The van der Waals surface area contributed by atoms with E-state index in [2.05, 4.69) is 114 Å². The van der Waals surface area contributed by atoms with Gasteiger partial charge in [0.15, 0.2) is 0 Å². The molecule has 0 bridgehead atoms. The van der Waals surface area contributed by atoms with Crippen LogP contribution in [0.2, 0.25) is 0 Å². The molecular formula is C25H20N2S2. The number of fused-ring (bicyclic) bond motifs is 4. The summed E-state index contributed by atoms with van der Waals surface area (Å²) in [5, 5.41) is 3.42. The maximum absolute atomic E-state index is 3.42. The lowest BCUT2D eigenvalue weighted by Gasteiger charge is -2.29. The Labute approximate surface area is 180 Å². The van der Waals surface area contributed by atoms with Gasteiger partial charge in [-0.25, -0.2) is 0 Å². The first-order valence-corrected chi connectivity index (χ1v) is 11.2. The Morgan fingerprint density at radius 1 is 0.517 bits per heavy atom. The molecule has 2 heterocycles. The molecule has 0 unspecified atom stereocenters. The Morgan fingerprint density at radius 3 is 1.41 bits per heavy atom. The summed E-state index contributed by atoms with van der Waals surface area (Å²) in [6.07, 6.45) is 0. The number of anilines is 4. The number of para-hydroxylation sites is 4. The van der Waals surface area contributed by atoms with Crippen LogP contribution in [0.4, 0.5) is 22.7 Å². The molecule has 0 saturated heterocycles. The molecule has 6 rings (SSSR count). The number of rotatable bonds is 0. The standard InChI is InChI=1S/C13H11NS.C12H9NS/c1-14-10-6-2-4-8-12(10)15-13-9-5-3-7-11(13)14;1-3-7-11-9(5-1)13-10-6-2-4-8-12(10)14-11/h2-9H,1H3;1-8,13H. The van der Waals surface area contributed by atoms with Crippen LogP contribution in [-0.4, -0.2) is 7.05 Å². The number of hydrogen-bond acceptors (Lipinski definition) is 4. The van der Waals surface area contributed by atoms with E-state index in [1.165, 1.54) is 42.3 Å². The largest absolute Gasteiger partial charge is 0.354 e. The molecule has 4 aromatic carbocycles. The van der Waals surface area contributed by atoms with Gasteiger partial charge in [0, 0.05) is 26.6 Å². The van der Waals surface area contributed by atoms with Crippen molar-refractivity contribution in [3.05, 3.63) is 97.1 Å². The minimum Gasteiger partial charge on any atom is -0.354 e. The summed E-state index contributed by atoms with van der Waals surface area (Å²) in [7, 11) is 2.12. The Kier molecular flexibility index (Phi) is 4.96. The van der Waals surface area contributed by atoms with Gasteiger partial charge in [-0.15, -0.1) is 0 Å². The SMILES string of the molecule is CN1c2ccccc2Sc2ccccc21.c1ccc2c(c1)Nc1ccccc1S2. The van der Waals surface area contributed by atoms with Gasteiger partial charge in [-0.3, -0.25) is 0 Å². The zero-order valence-corrected chi connectivity index (χ0v) is 17.6. The Balaban J connectivity index is 0.000000125. The van der Waals surface area contributed by atoms with E-state index in [9.17, 15) is 0 Å². The normalized spacial score (nSPS) is 12.9. The van der Waals surface area contributed by atoms with Crippen molar-refractivity contribution in [2.75, 3.05) is 17.3 Å². The minimum absolute atomic E-state index is 1.20. The molecule has 2 aliphatic heterocycles. The number of nitrogens with one attached hydrogen (secondary N) is 1. The zero-order chi connectivity index (χ0) is 19.6. The van der Waals surface area contributed by atoms with E-state index >= 15 is 0 Å². The van der Waals surface area contributed by atoms with Crippen molar-refractivity contribution in [2.45, 2.75) is 19.6 Å². The monoisotopic (exact) mass is 412 g/mol. The fraction of sp³-hybridized carbons (Fsp3) is 0.0400. The molecule has 0 spiro atoms. The Bertz CT molecular complexity index is 1040. The third kappa shape index (κ3) is 3.61. The van der Waals surface area contributed by atoms with Crippen molar-refractivity contribution in [1.82, 2.24) is 0 Å². The van der Waals surface area contributed by atoms with Gasteiger partial charge in [-0.1, -0.05) is 72.1 Å². The first-order chi connectivity index (χ1) is 14.3. The molecule has 142 valence electrons. The zero-order valence-electron chi connectivity index (χ0n) is 16.0. The first kappa shape index (κ1) is 18.2. The van der Waals surface area contributed by atoms with E-state index in [0.717, 1.165) is 0 Å². The van der Waals surface area contributed by atoms with Crippen molar-refractivity contribution in [1.29, 1.82) is 0 Å². The lowest BCUT2D eigenvalue weighted by Crippen LogP contribution is -2.14. The number of nitrogens with zero attached hydrogens (tertiary/aromatic N) is 1. The van der Waals surface area contributed by atoms with Gasteiger partial charge in [0.25, 0.3) is 0 Å². The Hall–Kier alpha value is -2.82. The van der Waals surface area contributed by atoms with E-state index < -0.39 is 0 Å². The highest BCUT2D eigenvalue weighted by Crippen LogP contribution is 2.47. The first-order valence-electron chi connectivity index (χ1n) is 9.52. The lowest BCUT2D eigenvalue weighted by molar-refractivity contribution is 1.11. The van der Waals surface area contributed by atoms with Crippen LogP contribution < -0.4 is 10.2 Å². The molecule has 0 amide bonds. The second-order valence-electron chi connectivity index (χ2n) is 6.82. The molecule has 0 aliphatic carbocycles. The van der Waals surface area contributed by atoms with E-state index in [0.29, 0.717) is 0 Å². The van der Waals surface area contributed by atoms with Crippen LogP contribution in [0, 0.1) is 0 Å². The summed E-state index contributed by atoms with van der Waals surface area (Å²) in [4.78, 5) is 7.51. The summed E-state index contributed by atoms with van der Waals surface area (Å²) < 4.78 is 0. The van der Waals surface area contributed by atoms with Crippen molar-refractivity contribution in [3.63, 3.8) is 0 Å². The topological polar surface area (TPSA) is 15.3 Å². The fourth-order valence-corrected chi connectivity index (χ4v) is 5.61. The molecule has 0 aromatic heterocycles. The summed E-state index contributed by atoms with van der Waals surface area (Å²) in [6.45, 7) is 0. The number of benzene rings is 4. The van der Waals surface area contributed by atoms with Crippen LogP contribution in [-0.2, 0) is 0 Å². The minimum atomic E-state index is 1.20. The smallest absolute Gasteiger partial charge is 0.0550 e. The van der Waals surface area contributed by atoms with Crippen LogP contribution in [0.3, 0.4) is 0 Å². The molecule has 0 atom stereocenters. The highest BCUT2D eigenvalue weighted by Gasteiger charge is 2.19. The van der Waals surface area contributed by atoms with Crippen LogP contribution in [0.5, 0.6) is 0 Å². The molecule has 0 radical (unpaired) electrons. The van der Waals surface area contributed by atoms with Gasteiger partial charge in [0.05, 0.1) is 22.7 Å². The van der Waals surface area contributed by atoms with Crippen molar-refractivity contribution >= 4 is 46.3 Å². The summed E-state index contributed by atoms with van der Waals surface area (Å²) in [5.41, 5.74) is 5.00. The van der Waals surface area contributed by atoms with Gasteiger partial charge in [-0.2, -0.15) is 0 Å². The van der Waals surface area contributed by atoms with Crippen LogP contribution in [0.1, 0.15) is 0 Å². The van der Waals surface area contributed by atoms with Gasteiger partial charge in [0.1, 0.15) is 0 Å². The second kappa shape index (κ2) is 7.90. The van der Waals surface area contributed by atoms with Gasteiger partial charge in [0.2, 0.25) is 0 Å². The summed E-state index contributed by atoms with van der Waals surface area (Å²) in [5.74, 6) is 0. The number of hydrogen-bond donors (Lipinski definition) is 1. The van der Waals surface area contributed by atoms with E-state index in [-0.39, 0.29) is 0 Å². The van der Waals surface area contributed by atoms with Gasteiger partial charge < -0.3 is 10.2 Å². The van der Waals surface area contributed by atoms with E-state index in [4.69, 9.17) is 0 Å². The molecular weight excluding hydrogens is 392 g/mol.